The third-order valence-corrected chi connectivity index (χ3v) is 4.17. The van der Waals surface area contributed by atoms with E-state index in [0.717, 1.165) is 24.6 Å². The van der Waals surface area contributed by atoms with Gasteiger partial charge in [-0.3, -0.25) is 4.98 Å². The number of hydrogen-bond donors (Lipinski definition) is 1. The summed E-state index contributed by atoms with van der Waals surface area (Å²) >= 11 is 0. The van der Waals surface area contributed by atoms with Gasteiger partial charge in [-0.25, -0.2) is 4.98 Å². The molecule has 0 spiro atoms. The van der Waals surface area contributed by atoms with Gasteiger partial charge in [-0.15, -0.1) is 0 Å². The van der Waals surface area contributed by atoms with Gasteiger partial charge in [-0.05, 0) is 30.9 Å². The van der Waals surface area contributed by atoms with Gasteiger partial charge in [0.25, 0.3) is 0 Å². The Morgan fingerprint density at radius 3 is 2.90 bits per heavy atom. The van der Waals surface area contributed by atoms with E-state index in [4.69, 9.17) is 0 Å². The molecule has 0 unspecified atom stereocenters. The molecule has 0 atom stereocenters. The minimum absolute atomic E-state index is 0.620. The van der Waals surface area contributed by atoms with E-state index in [2.05, 4.69) is 39.0 Å². The molecule has 2 heterocycles. The van der Waals surface area contributed by atoms with E-state index in [1.165, 1.54) is 31.2 Å². The number of aromatic nitrogens is 3. The number of nitrogens with one attached hydrogen (secondary N) is 1. The number of pyridine rings is 1. The lowest BCUT2D eigenvalue weighted by Crippen LogP contribution is -2.12. The molecular formula is C16H22N4. The summed E-state index contributed by atoms with van der Waals surface area (Å²) in [5, 5.41) is 3.45. The fourth-order valence-electron chi connectivity index (χ4n) is 3.04. The van der Waals surface area contributed by atoms with Gasteiger partial charge in [0, 0.05) is 24.6 Å². The van der Waals surface area contributed by atoms with Crippen molar-refractivity contribution >= 4 is 5.95 Å². The summed E-state index contributed by atoms with van der Waals surface area (Å²) in [5.74, 6) is 0.976. The molecule has 3 rings (SSSR count). The SMILES string of the molecule is CCc1cccnc1CNc1nccn1C1CCCC1. The molecule has 0 aliphatic heterocycles. The summed E-state index contributed by atoms with van der Waals surface area (Å²) in [6.45, 7) is 2.91. The second kappa shape index (κ2) is 6.07. The Kier molecular flexibility index (Phi) is 4.00. The highest BCUT2D eigenvalue weighted by atomic mass is 15.2. The average molecular weight is 270 g/mol. The molecule has 0 bridgehead atoms. The summed E-state index contributed by atoms with van der Waals surface area (Å²) in [7, 11) is 0. The zero-order valence-corrected chi connectivity index (χ0v) is 12.0. The zero-order valence-electron chi connectivity index (χ0n) is 12.0. The molecule has 106 valence electrons. The molecule has 1 saturated carbocycles. The monoisotopic (exact) mass is 270 g/mol. The Balaban J connectivity index is 1.71. The van der Waals surface area contributed by atoms with Crippen molar-refractivity contribution in [1.29, 1.82) is 0 Å². The highest BCUT2D eigenvalue weighted by Crippen LogP contribution is 2.31. The third-order valence-electron chi connectivity index (χ3n) is 4.17. The van der Waals surface area contributed by atoms with Gasteiger partial charge < -0.3 is 9.88 Å². The number of rotatable bonds is 5. The number of anilines is 1. The molecule has 20 heavy (non-hydrogen) atoms. The molecule has 0 aromatic carbocycles. The Hall–Kier alpha value is -1.84. The summed E-state index contributed by atoms with van der Waals surface area (Å²) in [4.78, 5) is 8.93. The number of aryl methyl sites for hydroxylation is 1. The first-order valence-electron chi connectivity index (χ1n) is 7.58. The van der Waals surface area contributed by atoms with Crippen molar-refractivity contribution in [2.75, 3.05) is 5.32 Å². The first-order valence-corrected chi connectivity index (χ1v) is 7.58. The molecule has 0 saturated heterocycles. The van der Waals surface area contributed by atoms with Crippen molar-refractivity contribution in [1.82, 2.24) is 14.5 Å². The van der Waals surface area contributed by atoms with Gasteiger partial charge in [-0.2, -0.15) is 0 Å². The number of hydrogen-bond acceptors (Lipinski definition) is 3. The second-order valence-electron chi connectivity index (χ2n) is 5.41. The van der Waals surface area contributed by atoms with Crippen LogP contribution in [-0.4, -0.2) is 14.5 Å². The smallest absolute Gasteiger partial charge is 0.203 e. The topological polar surface area (TPSA) is 42.7 Å². The number of nitrogens with zero attached hydrogens (tertiary/aromatic N) is 3. The van der Waals surface area contributed by atoms with E-state index in [1.807, 2.05) is 18.5 Å². The van der Waals surface area contributed by atoms with Crippen LogP contribution in [0, 0.1) is 0 Å². The molecule has 4 heteroatoms. The fourth-order valence-corrected chi connectivity index (χ4v) is 3.04. The van der Waals surface area contributed by atoms with Gasteiger partial charge in [-0.1, -0.05) is 25.8 Å². The summed E-state index contributed by atoms with van der Waals surface area (Å²) in [6, 6.07) is 4.77. The van der Waals surface area contributed by atoms with Crippen molar-refractivity contribution in [2.45, 2.75) is 51.6 Å². The van der Waals surface area contributed by atoms with E-state index in [9.17, 15) is 0 Å². The van der Waals surface area contributed by atoms with Gasteiger partial charge in [0.15, 0.2) is 0 Å². The van der Waals surface area contributed by atoms with Crippen molar-refractivity contribution in [3.05, 3.63) is 42.0 Å². The standard InChI is InChI=1S/C16H22N4/c1-2-13-6-5-9-17-15(13)12-19-16-18-10-11-20(16)14-7-3-4-8-14/h5-6,9-11,14H,2-4,7-8,12H2,1H3,(H,18,19). The Bertz CT molecular complexity index is 555. The summed E-state index contributed by atoms with van der Waals surface area (Å²) < 4.78 is 2.29. The zero-order chi connectivity index (χ0) is 13.8. The van der Waals surface area contributed by atoms with Crippen LogP contribution in [0.1, 0.15) is 49.9 Å². The largest absolute Gasteiger partial charge is 0.350 e. The molecule has 2 aromatic heterocycles. The highest BCUT2D eigenvalue weighted by Gasteiger charge is 2.19. The van der Waals surface area contributed by atoms with Crippen LogP contribution in [-0.2, 0) is 13.0 Å². The summed E-state index contributed by atoms with van der Waals surface area (Å²) in [6.07, 6.45) is 12.1. The van der Waals surface area contributed by atoms with Gasteiger partial charge in [0.2, 0.25) is 5.95 Å². The molecule has 0 radical (unpaired) electrons. The Morgan fingerprint density at radius 1 is 1.25 bits per heavy atom. The number of imidazole rings is 1. The van der Waals surface area contributed by atoms with Gasteiger partial charge in [0.05, 0.1) is 12.2 Å². The van der Waals surface area contributed by atoms with E-state index >= 15 is 0 Å². The van der Waals surface area contributed by atoms with Crippen LogP contribution in [0.4, 0.5) is 5.95 Å². The van der Waals surface area contributed by atoms with Crippen molar-refractivity contribution in [3.63, 3.8) is 0 Å². The predicted molar refractivity (Wildman–Crippen MR) is 80.7 cm³/mol. The molecular weight excluding hydrogens is 248 g/mol. The lowest BCUT2D eigenvalue weighted by Gasteiger charge is -2.16. The van der Waals surface area contributed by atoms with Crippen LogP contribution in [0.3, 0.4) is 0 Å². The average Bonchev–Trinajstić information content (AvgIpc) is 3.15. The molecule has 1 N–H and O–H groups in total. The van der Waals surface area contributed by atoms with Crippen LogP contribution >= 0.6 is 0 Å². The third kappa shape index (κ3) is 2.69. The van der Waals surface area contributed by atoms with Gasteiger partial charge in [0.1, 0.15) is 0 Å². The van der Waals surface area contributed by atoms with Crippen molar-refractivity contribution < 1.29 is 0 Å². The minimum Gasteiger partial charge on any atom is -0.350 e. The maximum absolute atomic E-state index is 4.48. The molecule has 4 nitrogen and oxygen atoms in total. The lowest BCUT2D eigenvalue weighted by atomic mass is 10.1. The first kappa shape index (κ1) is 13.2. The van der Waals surface area contributed by atoms with Crippen LogP contribution < -0.4 is 5.32 Å². The quantitative estimate of drug-likeness (QED) is 0.903. The van der Waals surface area contributed by atoms with Crippen LogP contribution in [0.5, 0.6) is 0 Å². The van der Waals surface area contributed by atoms with Crippen molar-refractivity contribution in [2.24, 2.45) is 0 Å². The summed E-state index contributed by atoms with van der Waals surface area (Å²) in [5.41, 5.74) is 2.43. The van der Waals surface area contributed by atoms with E-state index in [0.29, 0.717) is 6.04 Å². The Morgan fingerprint density at radius 2 is 2.10 bits per heavy atom. The fraction of sp³-hybridized carbons (Fsp3) is 0.500. The maximum Gasteiger partial charge on any atom is 0.203 e. The van der Waals surface area contributed by atoms with E-state index < -0.39 is 0 Å². The van der Waals surface area contributed by atoms with E-state index in [1.54, 1.807) is 0 Å². The van der Waals surface area contributed by atoms with E-state index in [-0.39, 0.29) is 0 Å². The minimum atomic E-state index is 0.620. The van der Waals surface area contributed by atoms with Crippen molar-refractivity contribution in [3.8, 4) is 0 Å². The Labute approximate surface area is 120 Å². The molecule has 1 aliphatic rings. The predicted octanol–water partition coefficient (Wildman–Crippen LogP) is 3.57. The molecule has 1 fully saturated rings. The lowest BCUT2D eigenvalue weighted by molar-refractivity contribution is 0.523. The normalized spacial score (nSPS) is 15.7. The molecule has 1 aliphatic carbocycles. The van der Waals surface area contributed by atoms with Crippen LogP contribution in [0.2, 0.25) is 0 Å². The van der Waals surface area contributed by atoms with Crippen LogP contribution in [0.15, 0.2) is 30.7 Å². The first-order chi connectivity index (χ1) is 9.88. The second-order valence-corrected chi connectivity index (χ2v) is 5.41. The van der Waals surface area contributed by atoms with Gasteiger partial charge >= 0.3 is 0 Å². The molecule has 2 aromatic rings. The molecule has 0 amide bonds. The highest BCUT2D eigenvalue weighted by molar-refractivity contribution is 5.30. The van der Waals surface area contributed by atoms with Crippen LogP contribution in [0.25, 0.3) is 0 Å². The maximum atomic E-state index is 4.48.